The molecule has 6 heteroatoms. The normalized spacial score (nSPS) is 18.7. The largest absolute Gasteiger partial charge is 0.395 e. The summed E-state index contributed by atoms with van der Waals surface area (Å²) in [4.78, 5) is 24.8. The number of anilines is 1. The number of hydrogen-bond donors (Lipinski definition) is 2. The SMILES string of the molecule is NC(=O)C1Cc2cc(Br)[c]cc2N(CCO)C1=O. The zero-order valence-corrected chi connectivity index (χ0v) is 11.1. The molecule has 0 bridgehead atoms. The van der Waals surface area contributed by atoms with E-state index >= 15 is 0 Å². The summed E-state index contributed by atoms with van der Waals surface area (Å²) in [6.07, 6.45) is 0.290. The van der Waals surface area contributed by atoms with E-state index in [1.807, 2.05) is 6.07 Å². The van der Waals surface area contributed by atoms with Crippen molar-refractivity contribution in [2.75, 3.05) is 18.1 Å². The number of carbonyl (C=O) groups is 2. The van der Waals surface area contributed by atoms with Crippen molar-refractivity contribution in [2.45, 2.75) is 6.42 Å². The second kappa shape index (κ2) is 5.07. The van der Waals surface area contributed by atoms with Crippen LogP contribution in [0.5, 0.6) is 0 Å². The highest BCUT2D eigenvalue weighted by molar-refractivity contribution is 9.10. The Bertz CT molecular complexity index is 504. The summed E-state index contributed by atoms with van der Waals surface area (Å²) in [5.74, 6) is -1.87. The molecule has 0 spiro atoms. The van der Waals surface area contributed by atoms with Gasteiger partial charge in [0.2, 0.25) is 11.8 Å². The Morgan fingerprint density at radius 2 is 2.39 bits per heavy atom. The Hall–Kier alpha value is -1.40. The molecule has 1 radical (unpaired) electrons. The Morgan fingerprint density at radius 3 is 3.00 bits per heavy atom. The number of nitrogens with zero attached hydrogens (tertiary/aromatic N) is 1. The number of primary amides is 1. The fourth-order valence-corrected chi connectivity index (χ4v) is 2.47. The van der Waals surface area contributed by atoms with E-state index in [0.29, 0.717) is 12.1 Å². The Labute approximate surface area is 113 Å². The summed E-state index contributed by atoms with van der Waals surface area (Å²) in [6.45, 7) is -0.0299. The molecule has 1 unspecified atom stereocenters. The average Bonchev–Trinajstić information content (AvgIpc) is 2.32. The number of hydrogen-bond acceptors (Lipinski definition) is 3. The Morgan fingerprint density at radius 1 is 1.67 bits per heavy atom. The van der Waals surface area contributed by atoms with E-state index in [9.17, 15) is 9.59 Å². The third kappa shape index (κ3) is 2.26. The maximum Gasteiger partial charge on any atom is 0.239 e. The highest BCUT2D eigenvalue weighted by Gasteiger charge is 2.35. The van der Waals surface area contributed by atoms with Crippen LogP contribution in [0.4, 0.5) is 5.69 Å². The molecule has 1 aromatic rings. The Kier molecular flexibility index (Phi) is 3.68. The van der Waals surface area contributed by atoms with E-state index in [0.717, 1.165) is 10.0 Å². The van der Waals surface area contributed by atoms with Crippen LogP contribution in [0.3, 0.4) is 0 Å². The van der Waals surface area contributed by atoms with Gasteiger partial charge in [0.25, 0.3) is 0 Å². The number of halogens is 1. The molecule has 18 heavy (non-hydrogen) atoms. The lowest BCUT2D eigenvalue weighted by atomic mass is 9.91. The first kappa shape index (κ1) is 13.0. The highest BCUT2D eigenvalue weighted by Crippen LogP contribution is 2.32. The van der Waals surface area contributed by atoms with Crippen molar-refractivity contribution in [3.8, 4) is 0 Å². The van der Waals surface area contributed by atoms with Crippen molar-refractivity contribution in [1.82, 2.24) is 0 Å². The molecule has 3 N–H and O–H groups in total. The third-order valence-electron chi connectivity index (χ3n) is 2.92. The minimum atomic E-state index is -0.863. The van der Waals surface area contributed by atoms with E-state index in [4.69, 9.17) is 10.8 Å². The molecule has 0 saturated carbocycles. The van der Waals surface area contributed by atoms with Crippen LogP contribution in [0.2, 0.25) is 0 Å². The van der Waals surface area contributed by atoms with Crippen LogP contribution in [0.1, 0.15) is 5.56 Å². The first-order chi connectivity index (χ1) is 8.54. The second-order valence-electron chi connectivity index (χ2n) is 4.06. The van der Waals surface area contributed by atoms with Crippen molar-refractivity contribution in [1.29, 1.82) is 0 Å². The number of aliphatic hydroxyl groups is 1. The lowest BCUT2D eigenvalue weighted by molar-refractivity contribution is -0.132. The topological polar surface area (TPSA) is 83.6 Å². The number of fused-ring (bicyclic) bond motifs is 1. The number of nitrogens with two attached hydrogens (primary N) is 1. The summed E-state index contributed by atoms with van der Waals surface area (Å²) < 4.78 is 0.753. The van der Waals surface area contributed by atoms with Gasteiger partial charge in [0, 0.05) is 16.7 Å². The fraction of sp³-hybridized carbons (Fsp3) is 0.333. The van der Waals surface area contributed by atoms with Crippen LogP contribution in [-0.4, -0.2) is 30.1 Å². The van der Waals surface area contributed by atoms with Gasteiger partial charge in [-0.05, 0) is 30.2 Å². The van der Waals surface area contributed by atoms with Crippen LogP contribution >= 0.6 is 15.9 Å². The van der Waals surface area contributed by atoms with Gasteiger partial charge in [-0.15, -0.1) is 0 Å². The quantitative estimate of drug-likeness (QED) is 0.784. The molecule has 0 fully saturated rings. The van der Waals surface area contributed by atoms with Gasteiger partial charge >= 0.3 is 0 Å². The second-order valence-corrected chi connectivity index (χ2v) is 4.92. The first-order valence-corrected chi connectivity index (χ1v) is 6.25. The van der Waals surface area contributed by atoms with E-state index in [-0.39, 0.29) is 19.1 Å². The molecule has 1 aliphatic heterocycles. The van der Waals surface area contributed by atoms with Crippen LogP contribution < -0.4 is 10.6 Å². The number of β-amino-alcohol motifs (C(OH)–C–C–N with tert-alkyl or cyclic N) is 1. The predicted molar refractivity (Wildman–Crippen MR) is 68.8 cm³/mol. The van der Waals surface area contributed by atoms with Crippen molar-refractivity contribution in [3.63, 3.8) is 0 Å². The number of benzene rings is 1. The van der Waals surface area contributed by atoms with Crippen LogP contribution in [0.15, 0.2) is 16.6 Å². The summed E-state index contributed by atoms with van der Waals surface area (Å²) in [5.41, 5.74) is 6.76. The minimum Gasteiger partial charge on any atom is -0.395 e. The molecule has 0 aromatic heterocycles. The molecule has 0 aliphatic carbocycles. The van der Waals surface area contributed by atoms with Crippen LogP contribution in [0.25, 0.3) is 0 Å². The average molecular weight is 312 g/mol. The zero-order chi connectivity index (χ0) is 13.3. The molecule has 0 saturated heterocycles. The molecular formula is C12H12BrN2O3. The highest BCUT2D eigenvalue weighted by atomic mass is 79.9. The van der Waals surface area contributed by atoms with Gasteiger partial charge in [-0.2, -0.15) is 0 Å². The minimum absolute atomic E-state index is 0.144. The lowest BCUT2D eigenvalue weighted by Crippen LogP contribution is -2.47. The molecule has 1 atom stereocenters. The fourth-order valence-electron chi connectivity index (χ4n) is 2.08. The zero-order valence-electron chi connectivity index (χ0n) is 9.52. The van der Waals surface area contributed by atoms with Gasteiger partial charge in [0.1, 0.15) is 5.92 Å². The predicted octanol–water partition coefficient (Wildman–Crippen LogP) is 0.232. The van der Waals surface area contributed by atoms with Gasteiger partial charge in [0.15, 0.2) is 0 Å². The molecule has 5 nitrogen and oxygen atoms in total. The summed E-state index contributed by atoms with van der Waals surface area (Å²) >= 11 is 3.30. The van der Waals surface area contributed by atoms with Crippen LogP contribution in [-0.2, 0) is 16.0 Å². The number of rotatable bonds is 3. The summed E-state index contributed by atoms with van der Waals surface area (Å²) in [5, 5.41) is 9.01. The van der Waals surface area contributed by atoms with Crippen molar-refractivity contribution >= 4 is 33.4 Å². The van der Waals surface area contributed by atoms with Gasteiger partial charge < -0.3 is 15.7 Å². The van der Waals surface area contributed by atoms with Crippen molar-refractivity contribution < 1.29 is 14.7 Å². The molecule has 1 aliphatic rings. The monoisotopic (exact) mass is 311 g/mol. The molecular weight excluding hydrogens is 300 g/mol. The van der Waals surface area contributed by atoms with Gasteiger partial charge in [-0.3, -0.25) is 9.59 Å². The molecule has 95 valence electrons. The molecule has 1 aromatic carbocycles. The van der Waals surface area contributed by atoms with Gasteiger partial charge in [-0.1, -0.05) is 15.9 Å². The van der Waals surface area contributed by atoms with E-state index < -0.39 is 11.8 Å². The summed E-state index contributed by atoms with van der Waals surface area (Å²) in [7, 11) is 0. The number of carbonyl (C=O) groups excluding carboxylic acids is 2. The van der Waals surface area contributed by atoms with E-state index in [2.05, 4.69) is 22.0 Å². The van der Waals surface area contributed by atoms with Crippen molar-refractivity contribution in [3.05, 3.63) is 28.2 Å². The molecule has 1 heterocycles. The standard InChI is InChI=1S/C12H12BrN2O3/c13-8-1-2-10-7(5-8)6-9(11(14)17)12(18)15(10)3-4-16/h2,5,9,16H,3-4,6H2,(H2,14,17). The maximum atomic E-state index is 12.1. The van der Waals surface area contributed by atoms with Gasteiger partial charge in [-0.25, -0.2) is 0 Å². The first-order valence-electron chi connectivity index (χ1n) is 5.46. The summed E-state index contributed by atoms with van der Waals surface area (Å²) in [6, 6.07) is 6.42. The van der Waals surface area contributed by atoms with E-state index in [1.54, 1.807) is 6.07 Å². The van der Waals surface area contributed by atoms with E-state index in [1.165, 1.54) is 4.90 Å². The molecule has 2 rings (SSSR count). The maximum absolute atomic E-state index is 12.1. The van der Waals surface area contributed by atoms with Gasteiger partial charge in [0.05, 0.1) is 6.61 Å². The third-order valence-corrected chi connectivity index (χ3v) is 3.38. The van der Waals surface area contributed by atoms with Crippen molar-refractivity contribution in [2.24, 2.45) is 11.7 Å². The van der Waals surface area contributed by atoms with Crippen LogP contribution in [0, 0.1) is 12.0 Å². The molecule has 2 amide bonds. The lowest BCUT2D eigenvalue weighted by Gasteiger charge is -2.32. The number of aliphatic hydroxyl groups excluding tert-OH is 1. The smallest absolute Gasteiger partial charge is 0.239 e. The number of amides is 2. The Balaban J connectivity index is 2.46.